The van der Waals surface area contributed by atoms with Crippen LogP contribution >= 0.6 is 0 Å². The van der Waals surface area contributed by atoms with Crippen LogP contribution < -0.4 is 5.73 Å². The fourth-order valence-electron chi connectivity index (χ4n) is 1.48. The molecule has 0 saturated heterocycles. The summed E-state index contributed by atoms with van der Waals surface area (Å²) in [6.07, 6.45) is 8.57. The number of hydrogen-bond donors (Lipinski definition) is 1. The lowest BCUT2D eigenvalue weighted by molar-refractivity contribution is 0.527. The van der Waals surface area contributed by atoms with Crippen LogP contribution in [0.25, 0.3) is 0 Å². The molecule has 15 heavy (non-hydrogen) atoms. The van der Waals surface area contributed by atoms with E-state index in [9.17, 15) is 0 Å². The molecule has 2 aromatic heterocycles. The lowest BCUT2D eigenvalue weighted by atomic mass is 10.4. The molecule has 0 fully saturated rings. The maximum absolute atomic E-state index is 5.66. The van der Waals surface area contributed by atoms with E-state index in [2.05, 4.69) is 14.6 Å². The number of aryl methyl sites for hydroxylation is 3. The zero-order chi connectivity index (χ0) is 10.7. The fourth-order valence-corrected chi connectivity index (χ4v) is 1.48. The highest BCUT2D eigenvalue weighted by Gasteiger charge is 1.99. The Hall–Kier alpha value is -1.78. The Balaban J connectivity index is 1.83. The minimum Gasteiger partial charge on any atom is -0.382 e. The van der Waals surface area contributed by atoms with E-state index in [0.717, 1.165) is 25.1 Å². The summed E-state index contributed by atoms with van der Waals surface area (Å²) in [5.74, 6) is 0.623. The zero-order valence-electron chi connectivity index (χ0n) is 8.80. The van der Waals surface area contributed by atoms with Crippen LogP contribution in [0.4, 0.5) is 5.82 Å². The van der Waals surface area contributed by atoms with E-state index in [-0.39, 0.29) is 0 Å². The summed E-state index contributed by atoms with van der Waals surface area (Å²) in [5.41, 5.74) is 6.70. The number of aromatic nitrogens is 4. The monoisotopic (exact) mass is 205 g/mol. The van der Waals surface area contributed by atoms with Gasteiger partial charge in [-0.2, -0.15) is 5.10 Å². The van der Waals surface area contributed by atoms with Gasteiger partial charge in [-0.05, 0) is 13.3 Å². The molecule has 80 valence electrons. The first kappa shape index (κ1) is 9.76. The first-order valence-corrected chi connectivity index (χ1v) is 5.01. The van der Waals surface area contributed by atoms with E-state index >= 15 is 0 Å². The van der Waals surface area contributed by atoms with Crippen molar-refractivity contribution < 1.29 is 0 Å². The van der Waals surface area contributed by atoms with Gasteiger partial charge in [-0.15, -0.1) is 0 Å². The van der Waals surface area contributed by atoms with Crippen LogP contribution in [0.2, 0.25) is 0 Å². The van der Waals surface area contributed by atoms with E-state index in [1.807, 2.05) is 30.3 Å². The molecule has 5 nitrogen and oxygen atoms in total. The van der Waals surface area contributed by atoms with Gasteiger partial charge in [-0.1, -0.05) is 0 Å². The van der Waals surface area contributed by atoms with E-state index in [4.69, 9.17) is 5.73 Å². The number of rotatable bonds is 4. The highest BCUT2D eigenvalue weighted by Crippen LogP contribution is 2.06. The second-order valence-electron chi connectivity index (χ2n) is 3.61. The molecule has 0 atom stereocenters. The van der Waals surface area contributed by atoms with Crippen molar-refractivity contribution in [2.24, 2.45) is 0 Å². The van der Waals surface area contributed by atoms with Crippen LogP contribution in [0.3, 0.4) is 0 Å². The summed E-state index contributed by atoms with van der Waals surface area (Å²) in [6.45, 7) is 3.81. The molecule has 0 aromatic carbocycles. The smallest absolute Gasteiger partial charge is 0.148 e. The second-order valence-corrected chi connectivity index (χ2v) is 3.61. The summed E-state index contributed by atoms with van der Waals surface area (Å²) in [5, 5.41) is 4.20. The van der Waals surface area contributed by atoms with E-state index < -0.39 is 0 Å². The summed E-state index contributed by atoms with van der Waals surface area (Å²) in [7, 11) is 0. The molecule has 2 aromatic rings. The topological polar surface area (TPSA) is 61.7 Å². The van der Waals surface area contributed by atoms with Gasteiger partial charge in [0.05, 0.1) is 6.33 Å². The third kappa shape index (κ3) is 2.37. The highest BCUT2D eigenvalue weighted by molar-refractivity contribution is 5.35. The van der Waals surface area contributed by atoms with Crippen LogP contribution in [0, 0.1) is 6.92 Å². The Morgan fingerprint density at radius 2 is 2.27 bits per heavy atom. The molecular weight excluding hydrogens is 190 g/mol. The van der Waals surface area contributed by atoms with Crippen LogP contribution in [0.1, 0.15) is 12.0 Å². The molecule has 0 aliphatic rings. The number of nitrogen functional groups attached to an aromatic ring is 1. The molecule has 2 heterocycles. The van der Waals surface area contributed by atoms with Gasteiger partial charge in [0.2, 0.25) is 0 Å². The number of anilines is 1. The number of nitrogens with two attached hydrogens (primary N) is 1. The third-order valence-electron chi connectivity index (χ3n) is 2.35. The first-order valence-electron chi connectivity index (χ1n) is 5.01. The SMILES string of the molecule is Cc1cn(CCCn2ccnc2)nc1N. The van der Waals surface area contributed by atoms with Gasteiger partial charge >= 0.3 is 0 Å². The Morgan fingerprint density at radius 3 is 2.87 bits per heavy atom. The van der Waals surface area contributed by atoms with Crippen LogP contribution in [-0.4, -0.2) is 19.3 Å². The molecule has 5 heteroatoms. The quantitative estimate of drug-likeness (QED) is 0.811. The molecule has 0 amide bonds. The van der Waals surface area contributed by atoms with Gasteiger partial charge in [0.1, 0.15) is 5.82 Å². The highest BCUT2D eigenvalue weighted by atomic mass is 15.3. The van der Waals surface area contributed by atoms with Crippen molar-refractivity contribution in [1.82, 2.24) is 19.3 Å². The fraction of sp³-hybridized carbons (Fsp3) is 0.400. The van der Waals surface area contributed by atoms with Gasteiger partial charge in [0.15, 0.2) is 0 Å². The van der Waals surface area contributed by atoms with E-state index in [1.165, 1.54) is 0 Å². The molecule has 2 N–H and O–H groups in total. The Bertz CT molecular complexity index is 395. The standard InChI is InChI=1S/C10H15N5/c1-9-7-15(13-10(9)11)5-2-4-14-6-3-12-8-14/h3,6-8H,2,4-5H2,1H3,(H2,11,13). The molecule has 0 unspecified atom stereocenters. The summed E-state index contributed by atoms with van der Waals surface area (Å²) >= 11 is 0. The zero-order valence-corrected chi connectivity index (χ0v) is 8.80. The van der Waals surface area contributed by atoms with Gasteiger partial charge < -0.3 is 10.3 Å². The molecule has 0 aliphatic carbocycles. The van der Waals surface area contributed by atoms with Gasteiger partial charge in [0.25, 0.3) is 0 Å². The minimum atomic E-state index is 0.623. The number of hydrogen-bond acceptors (Lipinski definition) is 3. The third-order valence-corrected chi connectivity index (χ3v) is 2.35. The van der Waals surface area contributed by atoms with Crippen molar-refractivity contribution in [2.75, 3.05) is 5.73 Å². The molecular formula is C10H15N5. The molecule has 0 spiro atoms. The van der Waals surface area contributed by atoms with Crippen molar-refractivity contribution in [2.45, 2.75) is 26.4 Å². The molecule has 0 saturated carbocycles. The van der Waals surface area contributed by atoms with Crippen LogP contribution in [-0.2, 0) is 13.1 Å². The Labute approximate surface area is 88.5 Å². The lowest BCUT2D eigenvalue weighted by Crippen LogP contribution is -2.03. The van der Waals surface area contributed by atoms with Crippen molar-refractivity contribution in [3.63, 3.8) is 0 Å². The number of nitrogens with zero attached hydrogens (tertiary/aromatic N) is 4. The summed E-state index contributed by atoms with van der Waals surface area (Å²) < 4.78 is 3.95. The first-order chi connectivity index (χ1) is 7.25. The predicted octanol–water partition coefficient (Wildman–Crippen LogP) is 1.06. The molecule has 0 aliphatic heterocycles. The maximum atomic E-state index is 5.66. The molecule has 2 rings (SSSR count). The van der Waals surface area contributed by atoms with Crippen molar-refractivity contribution in [1.29, 1.82) is 0 Å². The Kier molecular flexibility index (Phi) is 2.71. The second kappa shape index (κ2) is 4.16. The summed E-state index contributed by atoms with van der Waals surface area (Å²) in [6, 6.07) is 0. The maximum Gasteiger partial charge on any atom is 0.148 e. The predicted molar refractivity (Wildman–Crippen MR) is 58.2 cm³/mol. The Morgan fingerprint density at radius 1 is 1.40 bits per heavy atom. The van der Waals surface area contributed by atoms with Crippen molar-refractivity contribution in [3.05, 3.63) is 30.5 Å². The van der Waals surface area contributed by atoms with Gasteiger partial charge in [-0.25, -0.2) is 4.98 Å². The van der Waals surface area contributed by atoms with E-state index in [1.54, 1.807) is 6.20 Å². The van der Waals surface area contributed by atoms with Crippen molar-refractivity contribution in [3.8, 4) is 0 Å². The minimum absolute atomic E-state index is 0.623. The molecule has 0 bridgehead atoms. The largest absolute Gasteiger partial charge is 0.382 e. The summed E-state index contributed by atoms with van der Waals surface area (Å²) in [4.78, 5) is 3.99. The average Bonchev–Trinajstić information content (AvgIpc) is 2.79. The molecule has 0 radical (unpaired) electrons. The van der Waals surface area contributed by atoms with E-state index in [0.29, 0.717) is 5.82 Å². The van der Waals surface area contributed by atoms with Gasteiger partial charge in [0, 0.05) is 37.2 Å². The van der Waals surface area contributed by atoms with Crippen LogP contribution in [0.5, 0.6) is 0 Å². The lowest BCUT2D eigenvalue weighted by Gasteiger charge is -2.02. The van der Waals surface area contributed by atoms with Gasteiger partial charge in [-0.3, -0.25) is 4.68 Å². The average molecular weight is 205 g/mol. The normalized spacial score (nSPS) is 10.7. The van der Waals surface area contributed by atoms with Crippen LogP contribution in [0.15, 0.2) is 24.9 Å². The number of imidazole rings is 1. The van der Waals surface area contributed by atoms with Crippen molar-refractivity contribution >= 4 is 5.82 Å².